The summed E-state index contributed by atoms with van der Waals surface area (Å²) in [6, 6.07) is 0.523. The molecule has 5 nitrogen and oxygen atoms in total. The van der Waals surface area contributed by atoms with Crippen LogP contribution in [0.3, 0.4) is 0 Å². The summed E-state index contributed by atoms with van der Waals surface area (Å²) in [4.78, 5) is 14.4. The van der Waals surface area contributed by atoms with Crippen molar-refractivity contribution in [1.82, 2.24) is 15.5 Å². The number of nitrogens with zero attached hydrogens (tertiary/aromatic N) is 1. The maximum absolute atomic E-state index is 11.8. The number of hydrogen-bond acceptors (Lipinski definition) is 4. The number of aliphatic hydroxyl groups is 1. The Morgan fingerprint density at radius 3 is 2.73 bits per heavy atom. The van der Waals surface area contributed by atoms with Crippen molar-refractivity contribution in [1.29, 1.82) is 0 Å². The molecule has 2 aliphatic rings. The molecular formula is C15H31Cl2N3O2. The van der Waals surface area contributed by atoms with E-state index in [-0.39, 0.29) is 42.9 Å². The highest BCUT2D eigenvalue weighted by molar-refractivity contribution is 5.85. The average molecular weight is 356 g/mol. The Bertz CT molecular complexity index is 321. The van der Waals surface area contributed by atoms with Gasteiger partial charge in [-0.25, -0.2) is 0 Å². The first-order valence-corrected chi connectivity index (χ1v) is 8.10. The average Bonchev–Trinajstić information content (AvgIpc) is 2.87. The maximum Gasteiger partial charge on any atom is 0.237 e. The number of hydrogen-bond donors (Lipinski definition) is 3. The van der Waals surface area contributed by atoms with Crippen molar-refractivity contribution in [3.63, 3.8) is 0 Å². The van der Waals surface area contributed by atoms with Crippen LogP contribution >= 0.6 is 24.8 Å². The minimum atomic E-state index is -0.369. The van der Waals surface area contributed by atoms with Crippen LogP contribution < -0.4 is 10.6 Å². The van der Waals surface area contributed by atoms with Crippen LogP contribution in [-0.4, -0.2) is 60.3 Å². The predicted molar refractivity (Wildman–Crippen MR) is 94.0 cm³/mol. The van der Waals surface area contributed by atoms with Crippen LogP contribution in [0.4, 0.5) is 0 Å². The van der Waals surface area contributed by atoms with Crippen LogP contribution in [0, 0.1) is 0 Å². The van der Waals surface area contributed by atoms with Crippen LogP contribution in [0.15, 0.2) is 0 Å². The van der Waals surface area contributed by atoms with Crippen molar-refractivity contribution in [2.75, 3.05) is 26.2 Å². The predicted octanol–water partition coefficient (Wildman–Crippen LogP) is 1.32. The summed E-state index contributed by atoms with van der Waals surface area (Å²) in [6.45, 7) is 5.98. The van der Waals surface area contributed by atoms with E-state index in [2.05, 4.69) is 22.5 Å². The van der Waals surface area contributed by atoms with Gasteiger partial charge in [0.25, 0.3) is 0 Å². The van der Waals surface area contributed by atoms with Gasteiger partial charge in [-0.3, -0.25) is 4.79 Å². The van der Waals surface area contributed by atoms with Crippen LogP contribution in [-0.2, 0) is 4.79 Å². The Kier molecular flexibility index (Phi) is 11.4. The third-order valence-corrected chi connectivity index (χ3v) is 4.54. The molecule has 7 heteroatoms. The molecule has 1 amide bonds. The normalized spacial score (nSPS) is 28.5. The molecule has 2 rings (SSSR count). The topological polar surface area (TPSA) is 64.6 Å². The second-order valence-electron chi connectivity index (χ2n) is 6.23. The number of amides is 1. The summed E-state index contributed by atoms with van der Waals surface area (Å²) in [5.74, 6) is 0.0351. The van der Waals surface area contributed by atoms with Crippen molar-refractivity contribution in [3.05, 3.63) is 0 Å². The quantitative estimate of drug-likeness (QED) is 0.628. The molecule has 132 valence electrons. The largest absolute Gasteiger partial charge is 0.392 e. The monoisotopic (exact) mass is 355 g/mol. The van der Waals surface area contributed by atoms with Gasteiger partial charge in [-0.1, -0.05) is 6.42 Å². The van der Waals surface area contributed by atoms with Crippen molar-refractivity contribution < 1.29 is 9.90 Å². The number of carbonyl (C=O) groups excluding carboxylic acids is 1. The van der Waals surface area contributed by atoms with Gasteiger partial charge in [-0.15, -0.1) is 24.8 Å². The number of nitrogens with one attached hydrogen (secondary N) is 2. The van der Waals surface area contributed by atoms with Crippen molar-refractivity contribution >= 4 is 30.7 Å². The van der Waals surface area contributed by atoms with E-state index in [1.165, 1.54) is 25.8 Å². The van der Waals surface area contributed by atoms with E-state index in [1.807, 2.05) is 0 Å². The minimum absolute atomic E-state index is 0. The first-order chi connectivity index (χ1) is 9.66. The first-order valence-electron chi connectivity index (χ1n) is 8.10. The van der Waals surface area contributed by atoms with Crippen LogP contribution in [0.25, 0.3) is 0 Å². The van der Waals surface area contributed by atoms with Gasteiger partial charge in [0.2, 0.25) is 5.91 Å². The maximum atomic E-state index is 11.8. The number of halogens is 2. The zero-order valence-electron chi connectivity index (χ0n) is 13.4. The fourth-order valence-electron chi connectivity index (χ4n) is 3.18. The molecule has 0 bridgehead atoms. The minimum Gasteiger partial charge on any atom is -0.392 e. The lowest BCUT2D eigenvalue weighted by atomic mass is 10.0. The molecule has 3 atom stereocenters. The Labute approximate surface area is 146 Å². The molecule has 3 N–H and O–H groups in total. The van der Waals surface area contributed by atoms with Gasteiger partial charge >= 0.3 is 0 Å². The standard InChI is InChI=1S/C15H29N3O2.2ClH/c1-12-6-2-4-8-18(12)9-5-3-7-16-15(20)14-10-13(19)11-17-14;;/h12-14,17,19H,2-11H2,1H3,(H,16,20);2*1H. The number of carbonyl (C=O) groups is 1. The molecule has 0 radical (unpaired) electrons. The lowest BCUT2D eigenvalue weighted by molar-refractivity contribution is -0.122. The molecule has 2 saturated heterocycles. The van der Waals surface area contributed by atoms with Gasteiger partial charge in [0.05, 0.1) is 12.1 Å². The molecule has 0 spiro atoms. The van der Waals surface area contributed by atoms with Crippen molar-refractivity contribution in [2.45, 2.75) is 63.6 Å². The Morgan fingerprint density at radius 2 is 2.09 bits per heavy atom. The van der Waals surface area contributed by atoms with E-state index in [1.54, 1.807) is 0 Å². The zero-order valence-corrected chi connectivity index (χ0v) is 15.1. The fourth-order valence-corrected chi connectivity index (χ4v) is 3.18. The summed E-state index contributed by atoms with van der Waals surface area (Å²) in [6.07, 6.45) is 6.37. The molecule has 0 aromatic heterocycles. The van der Waals surface area contributed by atoms with Gasteiger partial charge in [0, 0.05) is 19.1 Å². The van der Waals surface area contributed by atoms with Gasteiger partial charge in [0.1, 0.15) is 0 Å². The molecule has 2 fully saturated rings. The Balaban J connectivity index is 0.00000220. The van der Waals surface area contributed by atoms with Crippen molar-refractivity contribution in [2.24, 2.45) is 0 Å². The van der Waals surface area contributed by atoms with E-state index in [0.717, 1.165) is 32.0 Å². The number of unbranched alkanes of at least 4 members (excludes halogenated alkanes) is 1. The lowest BCUT2D eigenvalue weighted by Gasteiger charge is -2.33. The van der Waals surface area contributed by atoms with E-state index in [0.29, 0.717) is 13.0 Å². The molecule has 0 saturated carbocycles. The number of β-amino-alcohol motifs (C(OH)–C–C–N with tert-alkyl or cyclic N) is 1. The van der Waals surface area contributed by atoms with E-state index in [9.17, 15) is 9.90 Å². The zero-order chi connectivity index (χ0) is 14.4. The van der Waals surface area contributed by atoms with Gasteiger partial charge in [-0.05, 0) is 52.1 Å². The summed E-state index contributed by atoms with van der Waals surface area (Å²) in [7, 11) is 0. The lowest BCUT2D eigenvalue weighted by Crippen LogP contribution is -2.41. The Hall–Kier alpha value is -0.0700. The molecule has 0 aliphatic carbocycles. The fraction of sp³-hybridized carbons (Fsp3) is 0.933. The third-order valence-electron chi connectivity index (χ3n) is 4.54. The van der Waals surface area contributed by atoms with E-state index < -0.39 is 0 Å². The Morgan fingerprint density at radius 1 is 1.32 bits per heavy atom. The van der Waals surface area contributed by atoms with Crippen LogP contribution in [0.2, 0.25) is 0 Å². The SMILES string of the molecule is CC1CCCCN1CCCCNC(=O)C1CC(O)CN1.Cl.Cl. The molecule has 3 unspecified atom stereocenters. The van der Waals surface area contributed by atoms with Crippen molar-refractivity contribution in [3.8, 4) is 0 Å². The second kappa shape index (κ2) is 11.5. The van der Waals surface area contributed by atoms with Gasteiger partial charge in [-0.2, -0.15) is 0 Å². The summed E-state index contributed by atoms with van der Waals surface area (Å²) >= 11 is 0. The summed E-state index contributed by atoms with van der Waals surface area (Å²) in [5.41, 5.74) is 0. The second-order valence-corrected chi connectivity index (χ2v) is 6.23. The number of rotatable bonds is 6. The first kappa shape index (κ1) is 21.9. The number of aliphatic hydroxyl groups excluding tert-OH is 1. The van der Waals surface area contributed by atoms with Crippen LogP contribution in [0.1, 0.15) is 45.4 Å². The number of likely N-dealkylation sites (tertiary alicyclic amines) is 1. The van der Waals surface area contributed by atoms with E-state index >= 15 is 0 Å². The van der Waals surface area contributed by atoms with Gasteiger partial charge in [0.15, 0.2) is 0 Å². The molecule has 22 heavy (non-hydrogen) atoms. The number of piperidine rings is 1. The highest BCUT2D eigenvalue weighted by Crippen LogP contribution is 2.16. The summed E-state index contributed by atoms with van der Waals surface area (Å²) < 4.78 is 0. The molecule has 0 aromatic carbocycles. The highest BCUT2D eigenvalue weighted by Gasteiger charge is 2.27. The third kappa shape index (κ3) is 7.01. The smallest absolute Gasteiger partial charge is 0.237 e. The highest BCUT2D eigenvalue weighted by atomic mass is 35.5. The molecule has 2 aliphatic heterocycles. The molecule has 0 aromatic rings. The molecule has 2 heterocycles. The van der Waals surface area contributed by atoms with Crippen LogP contribution in [0.5, 0.6) is 0 Å². The molecular weight excluding hydrogens is 325 g/mol. The van der Waals surface area contributed by atoms with E-state index in [4.69, 9.17) is 0 Å². The van der Waals surface area contributed by atoms with Gasteiger partial charge < -0.3 is 20.6 Å². The summed E-state index contributed by atoms with van der Waals surface area (Å²) in [5, 5.41) is 15.4.